The van der Waals surface area contributed by atoms with E-state index in [9.17, 15) is 0 Å². The van der Waals surface area contributed by atoms with Crippen molar-refractivity contribution >= 4 is 46.4 Å². The molecule has 0 unspecified atom stereocenters. The van der Waals surface area contributed by atoms with Gasteiger partial charge in [0, 0.05) is 60.5 Å². The van der Waals surface area contributed by atoms with Crippen LogP contribution in [0.3, 0.4) is 0 Å². The molecular weight excluding hydrogens is 414 g/mol. The molecule has 3 aromatic heterocycles. The molecule has 0 atom stereocenters. The fourth-order valence-corrected chi connectivity index (χ4v) is 4.20. The predicted molar refractivity (Wildman–Crippen MR) is 133 cm³/mol. The van der Waals surface area contributed by atoms with Gasteiger partial charge < -0.3 is 24.8 Å². The van der Waals surface area contributed by atoms with Crippen molar-refractivity contribution in [1.29, 1.82) is 0 Å². The lowest BCUT2D eigenvalue weighted by atomic mass is 10.2. The fraction of sp³-hybridized carbons (Fsp3) is 0.231. The van der Waals surface area contributed by atoms with Crippen LogP contribution in [0.4, 0.5) is 0 Å². The molecule has 7 nitrogen and oxygen atoms in total. The summed E-state index contributed by atoms with van der Waals surface area (Å²) in [6, 6.07) is 10.4. The second-order valence-corrected chi connectivity index (χ2v) is 8.01. The first-order chi connectivity index (χ1) is 16.6. The topological polar surface area (TPSA) is 91.0 Å². The minimum atomic E-state index is 0.321. The van der Waals surface area contributed by atoms with Crippen molar-refractivity contribution in [2.45, 2.75) is 19.8 Å². The normalized spacial score (nSPS) is 13.0. The van der Waals surface area contributed by atoms with Crippen LogP contribution >= 0.6 is 0 Å². The van der Waals surface area contributed by atoms with E-state index >= 15 is 0 Å². The van der Waals surface area contributed by atoms with Gasteiger partial charge in [-0.3, -0.25) is 0 Å². The maximum atomic E-state index is 8.92. The van der Waals surface area contributed by atoms with Gasteiger partial charge in [-0.25, -0.2) is 9.97 Å². The molecule has 0 aromatic carbocycles. The monoisotopic (exact) mass is 442 g/mol. The zero-order chi connectivity index (χ0) is 23.7. The summed E-state index contributed by atoms with van der Waals surface area (Å²) in [5.41, 5.74) is 14.6. The molecule has 7 heteroatoms. The Morgan fingerprint density at radius 2 is 1.52 bits per heavy atom. The number of nitrogens with one attached hydrogen (secondary N) is 1. The molecule has 0 saturated heterocycles. The Morgan fingerprint density at radius 1 is 0.879 bits per heavy atom. The molecule has 0 fully saturated rings. The number of nitrogens with two attached hydrogens (primary N) is 1. The smallest absolute Gasteiger partial charge is 0.0734 e. The van der Waals surface area contributed by atoms with Crippen molar-refractivity contribution in [3.05, 3.63) is 70.3 Å². The summed E-state index contributed by atoms with van der Waals surface area (Å²) >= 11 is 0. The van der Waals surface area contributed by atoms with Crippen molar-refractivity contribution in [3.63, 3.8) is 0 Å². The number of H-pyrrole nitrogens is 1. The molecule has 5 heterocycles. The summed E-state index contributed by atoms with van der Waals surface area (Å²) in [6.45, 7) is 1.79. The van der Waals surface area contributed by atoms with Crippen LogP contribution in [0.2, 0.25) is 0 Å². The van der Waals surface area contributed by atoms with Gasteiger partial charge in [0.2, 0.25) is 0 Å². The van der Waals surface area contributed by atoms with Gasteiger partial charge in [-0.1, -0.05) is 0 Å². The highest BCUT2D eigenvalue weighted by molar-refractivity contribution is 5.79. The number of nitrogens with zero attached hydrogens (tertiary/aromatic N) is 3. The van der Waals surface area contributed by atoms with Crippen molar-refractivity contribution < 1.29 is 10.8 Å². The Morgan fingerprint density at radius 3 is 2.18 bits per heavy atom. The van der Waals surface area contributed by atoms with Gasteiger partial charge in [-0.05, 0) is 60.7 Å². The van der Waals surface area contributed by atoms with Crippen molar-refractivity contribution in [1.82, 2.24) is 19.5 Å². The van der Waals surface area contributed by atoms with Crippen LogP contribution in [-0.2, 0) is 29.2 Å². The molecule has 33 heavy (non-hydrogen) atoms. The zero-order valence-corrected chi connectivity index (χ0v) is 18.8. The van der Waals surface area contributed by atoms with Gasteiger partial charge in [0.1, 0.15) is 0 Å². The van der Waals surface area contributed by atoms with Crippen LogP contribution in [0, 0.1) is 0 Å². The molecule has 0 saturated carbocycles. The lowest BCUT2D eigenvalue weighted by Crippen LogP contribution is -2.09. The third-order valence-electron chi connectivity index (χ3n) is 5.60. The van der Waals surface area contributed by atoms with Crippen LogP contribution in [0.5, 0.6) is 0 Å². The summed E-state index contributed by atoms with van der Waals surface area (Å²) in [7, 11) is 3.32. The van der Waals surface area contributed by atoms with Gasteiger partial charge in [-0.15, -0.1) is 0 Å². The molecule has 8 bridgehead atoms. The Bertz CT molecular complexity index is 1470. The molecule has 168 valence electrons. The van der Waals surface area contributed by atoms with Crippen molar-refractivity contribution in [2.75, 3.05) is 20.8 Å². The lowest BCUT2D eigenvalue weighted by Gasteiger charge is -2.05. The second-order valence-electron chi connectivity index (χ2n) is 8.01. The lowest BCUT2D eigenvalue weighted by molar-refractivity contribution is 0.186. The minimum Gasteiger partial charge on any atom is -0.380 e. The van der Waals surface area contributed by atoms with Gasteiger partial charge >= 0.3 is 0 Å². The zero-order valence-electron chi connectivity index (χ0n) is 19.8. The molecular formula is C26H27N5O2. The maximum Gasteiger partial charge on any atom is 0.0734 e. The van der Waals surface area contributed by atoms with Crippen LogP contribution < -0.4 is 5.73 Å². The standard InChI is InChI=1S/C26H27N5O2/c1-32-15-17-9-23-14-26-18(16-33-2)10-24(31(26)8-7-27)12-21-5-3-19(28-21)11-20-4-6-22(29-20)13-25(17)30-23/h3-6,9-14,30H,7-8,15-16,27H2,1-2H3/i10D. The first-order valence-electron chi connectivity index (χ1n) is 11.4. The first kappa shape index (κ1) is 20.1. The highest BCUT2D eigenvalue weighted by atomic mass is 16.5. The molecule has 0 spiro atoms. The Hall–Kier alpha value is -3.52. The average molecular weight is 443 g/mol. The van der Waals surface area contributed by atoms with E-state index in [0.29, 0.717) is 32.3 Å². The third kappa shape index (κ3) is 4.39. The van der Waals surface area contributed by atoms with Crippen LogP contribution in [0.25, 0.3) is 46.4 Å². The van der Waals surface area contributed by atoms with E-state index in [0.717, 1.165) is 56.0 Å². The van der Waals surface area contributed by atoms with Gasteiger partial charge in [0.15, 0.2) is 0 Å². The number of aromatic amines is 1. The van der Waals surface area contributed by atoms with Crippen LogP contribution in [0.15, 0.2) is 36.4 Å². The predicted octanol–water partition coefficient (Wildman–Crippen LogP) is 4.38. The molecule has 0 amide bonds. The third-order valence-corrected chi connectivity index (χ3v) is 5.60. The van der Waals surface area contributed by atoms with E-state index in [1.807, 2.05) is 48.6 Å². The molecule has 5 rings (SSSR count). The summed E-state index contributed by atoms with van der Waals surface area (Å²) in [5.74, 6) is 0. The Labute approximate surface area is 193 Å². The maximum absolute atomic E-state index is 8.92. The number of aromatic nitrogens is 4. The van der Waals surface area contributed by atoms with Crippen LogP contribution in [-0.4, -0.2) is 40.3 Å². The first-order valence-corrected chi connectivity index (χ1v) is 10.9. The van der Waals surface area contributed by atoms with Gasteiger partial charge in [0.05, 0.1) is 37.4 Å². The number of hydrogen-bond acceptors (Lipinski definition) is 5. The van der Waals surface area contributed by atoms with E-state index in [1.165, 1.54) is 0 Å². The quantitative estimate of drug-likeness (QED) is 0.407. The van der Waals surface area contributed by atoms with E-state index in [4.69, 9.17) is 26.5 Å². The largest absolute Gasteiger partial charge is 0.380 e. The number of hydrogen-bond donors (Lipinski definition) is 2. The fourth-order valence-electron chi connectivity index (χ4n) is 4.20. The van der Waals surface area contributed by atoms with E-state index in [1.54, 1.807) is 14.2 Å². The molecule has 3 N–H and O–H groups in total. The number of ether oxygens (including phenoxy) is 2. The van der Waals surface area contributed by atoms with Crippen LogP contribution in [0.1, 0.15) is 35.3 Å². The minimum absolute atomic E-state index is 0.321. The Balaban J connectivity index is 1.93. The number of fused-ring (bicyclic) bond motifs is 8. The molecule has 3 aromatic rings. The number of rotatable bonds is 6. The molecule has 2 aliphatic heterocycles. The second kappa shape index (κ2) is 9.15. The van der Waals surface area contributed by atoms with E-state index in [-0.39, 0.29) is 0 Å². The molecule has 0 aliphatic carbocycles. The average Bonchev–Trinajstić information content (AvgIpc) is 3.57. The SMILES string of the molecule is [2H]c1c(COC)c2cc3cc(COC)c(cc4nc(cc5nc(cc1n2CCN)C=C5)C=C4)[nH]3. The van der Waals surface area contributed by atoms with Crippen molar-refractivity contribution in [2.24, 2.45) is 5.73 Å². The highest BCUT2D eigenvalue weighted by Crippen LogP contribution is 2.24. The highest BCUT2D eigenvalue weighted by Gasteiger charge is 2.10. The van der Waals surface area contributed by atoms with Gasteiger partial charge in [-0.2, -0.15) is 0 Å². The van der Waals surface area contributed by atoms with E-state index < -0.39 is 0 Å². The summed E-state index contributed by atoms with van der Waals surface area (Å²) in [6.07, 6.45) is 7.87. The Kier molecular flexibility index (Phi) is 5.58. The number of methoxy groups -OCH3 is 2. The molecule has 2 aliphatic rings. The summed E-state index contributed by atoms with van der Waals surface area (Å²) in [4.78, 5) is 12.9. The molecule has 0 radical (unpaired) electrons. The summed E-state index contributed by atoms with van der Waals surface area (Å²) < 4.78 is 21.9. The van der Waals surface area contributed by atoms with E-state index in [2.05, 4.69) is 15.6 Å². The van der Waals surface area contributed by atoms with Gasteiger partial charge in [0.25, 0.3) is 0 Å². The van der Waals surface area contributed by atoms with Crippen molar-refractivity contribution in [3.8, 4) is 0 Å². The summed E-state index contributed by atoms with van der Waals surface area (Å²) in [5, 5.41) is 0.